The Morgan fingerprint density at radius 3 is 2.25 bits per heavy atom. The predicted octanol–water partition coefficient (Wildman–Crippen LogP) is 2.86. The van der Waals surface area contributed by atoms with Crippen molar-refractivity contribution in [1.82, 2.24) is 0 Å². The van der Waals surface area contributed by atoms with Gasteiger partial charge in [-0.15, -0.1) is 0 Å². The van der Waals surface area contributed by atoms with Crippen LogP contribution in [0.25, 0.3) is 0 Å². The van der Waals surface area contributed by atoms with Gasteiger partial charge in [0.1, 0.15) is 0 Å². The Kier molecular flexibility index (Phi) is 3.09. The standard InChI is InChI=1S/C10H19IO/c1-9(2)8(6-11)4-5-10(9,3)7-12/h8,12H,4-7H2,1-3H3/t8-,10?/m0/s1. The van der Waals surface area contributed by atoms with Crippen LogP contribution in [0.3, 0.4) is 0 Å². The van der Waals surface area contributed by atoms with Crippen LogP contribution in [0.15, 0.2) is 0 Å². The van der Waals surface area contributed by atoms with E-state index >= 15 is 0 Å². The molecule has 1 fully saturated rings. The summed E-state index contributed by atoms with van der Waals surface area (Å²) in [6.07, 6.45) is 2.47. The molecule has 0 aliphatic heterocycles. The molecule has 12 heavy (non-hydrogen) atoms. The predicted molar refractivity (Wildman–Crippen MR) is 60.6 cm³/mol. The van der Waals surface area contributed by atoms with Gasteiger partial charge in [0.15, 0.2) is 0 Å². The maximum Gasteiger partial charge on any atom is 0.0490 e. The van der Waals surface area contributed by atoms with Crippen LogP contribution < -0.4 is 0 Å². The van der Waals surface area contributed by atoms with Crippen molar-refractivity contribution in [3.8, 4) is 0 Å². The first-order valence-corrected chi connectivity index (χ1v) is 6.17. The number of aliphatic hydroxyl groups excluding tert-OH is 1. The molecule has 0 heterocycles. The quantitative estimate of drug-likeness (QED) is 0.610. The molecule has 0 saturated heterocycles. The Morgan fingerprint density at radius 1 is 1.42 bits per heavy atom. The lowest BCUT2D eigenvalue weighted by molar-refractivity contribution is 0.0314. The van der Waals surface area contributed by atoms with Crippen LogP contribution in [0.4, 0.5) is 0 Å². The van der Waals surface area contributed by atoms with Crippen molar-refractivity contribution in [2.75, 3.05) is 11.0 Å². The maximum absolute atomic E-state index is 9.37. The van der Waals surface area contributed by atoms with Gasteiger partial charge in [-0.2, -0.15) is 0 Å². The minimum absolute atomic E-state index is 0.156. The molecule has 72 valence electrons. The molecule has 1 nitrogen and oxygen atoms in total. The highest BCUT2D eigenvalue weighted by Gasteiger charge is 2.50. The van der Waals surface area contributed by atoms with E-state index in [9.17, 15) is 5.11 Å². The van der Waals surface area contributed by atoms with E-state index in [1.54, 1.807) is 0 Å². The van der Waals surface area contributed by atoms with Crippen molar-refractivity contribution in [1.29, 1.82) is 0 Å². The van der Waals surface area contributed by atoms with E-state index in [-0.39, 0.29) is 5.41 Å². The maximum atomic E-state index is 9.37. The Morgan fingerprint density at radius 2 is 2.00 bits per heavy atom. The normalized spacial score (nSPS) is 40.2. The zero-order valence-electron chi connectivity index (χ0n) is 8.23. The Labute approximate surface area is 89.1 Å². The highest BCUT2D eigenvalue weighted by atomic mass is 127. The van der Waals surface area contributed by atoms with Crippen molar-refractivity contribution in [2.45, 2.75) is 33.6 Å². The zero-order chi connectivity index (χ0) is 9.41. The molecule has 0 spiro atoms. The lowest BCUT2D eigenvalue weighted by Gasteiger charge is -2.40. The summed E-state index contributed by atoms with van der Waals surface area (Å²) in [6, 6.07) is 0. The lowest BCUT2D eigenvalue weighted by atomic mass is 9.67. The van der Waals surface area contributed by atoms with E-state index < -0.39 is 0 Å². The highest BCUT2D eigenvalue weighted by molar-refractivity contribution is 14.1. The van der Waals surface area contributed by atoms with Gasteiger partial charge in [0.2, 0.25) is 0 Å². The first-order valence-electron chi connectivity index (χ1n) is 4.65. The van der Waals surface area contributed by atoms with Crippen molar-refractivity contribution in [3.05, 3.63) is 0 Å². The largest absolute Gasteiger partial charge is 0.396 e. The van der Waals surface area contributed by atoms with Crippen molar-refractivity contribution < 1.29 is 5.11 Å². The second kappa shape index (κ2) is 3.45. The molecule has 1 rings (SSSR count). The average molecular weight is 282 g/mol. The molecule has 0 aromatic rings. The topological polar surface area (TPSA) is 20.2 Å². The highest BCUT2D eigenvalue weighted by Crippen LogP contribution is 2.55. The van der Waals surface area contributed by atoms with E-state index in [1.807, 2.05) is 0 Å². The molecular weight excluding hydrogens is 263 g/mol. The average Bonchev–Trinajstić information content (AvgIpc) is 2.25. The third-order valence-corrected chi connectivity index (χ3v) is 5.22. The van der Waals surface area contributed by atoms with Gasteiger partial charge in [0, 0.05) is 11.0 Å². The number of halogens is 1. The van der Waals surface area contributed by atoms with Crippen LogP contribution in [0, 0.1) is 16.7 Å². The van der Waals surface area contributed by atoms with E-state index in [0.717, 1.165) is 5.92 Å². The fraction of sp³-hybridized carbons (Fsp3) is 1.00. The molecular formula is C10H19IO. The molecule has 1 saturated carbocycles. The minimum atomic E-state index is 0.156. The summed E-state index contributed by atoms with van der Waals surface area (Å²) in [7, 11) is 0. The summed E-state index contributed by atoms with van der Waals surface area (Å²) in [5, 5.41) is 9.37. The van der Waals surface area contributed by atoms with E-state index in [4.69, 9.17) is 0 Å². The van der Waals surface area contributed by atoms with Crippen molar-refractivity contribution >= 4 is 22.6 Å². The Bertz CT molecular complexity index is 167. The molecule has 0 bridgehead atoms. The molecule has 0 radical (unpaired) electrons. The Hall–Kier alpha value is 0.690. The number of rotatable bonds is 2. The molecule has 2 heteroatoms. The van der Waals surface area contributed by atoms with Gasteiger partial charge in [0.05, 0.1) is 0 Å². The molecule has 0 aromatic heterocycles. The van der Waals surface area contributed by atoms with E-state index in [2.05, 4.69) is 43.4 Å². The molecule has 2 atom stereocenters. The van der Waals surface area contributed by atoms with Gasteiger partial charge in [-0.1, -0.05) is 43.4 Å². The molecule has 1 unspecified atom stereocenters. The summed E-state index contributed by atoms with van der Waals surface area (Å²) in [5.74, 6) is 0.787. The fourth-order valence-corrected chi connectivity index (χ4v) is 3.76. The monoisotopic (exact) mass is 282 g/mol. The number of alkyl halides is 1. The minimum Gasteiger partial charge on any atom is -0.396 e. The number of aliphatic hydroxyl groups is 1. The number of hydrogen-bond donors (Lipinski definition) is 1. The second-order valence-electron chi connectivity index (χ2n) is 4.83. The van der Waals surface area contributed by atoms with Crippen LogP contribution in [0.1, 0.15) is 33.6 Å². The summed E-state index contributed by atoms with van der Waals surface area (Å²) in [4.78, 5) is 0. The number of hydrogen-bond acceptors (Lipinski definition) is 1. The summed E-state index contributed by atoms with van der Waals surface area (Å²) >= 11 is 2.47. The van der Waals surface area contributed by atoms with Crippen LogP contribution in [0.2, 0.25) is 0 Å². The van der Waals surface area contributed by atoms with Crippen LogP contribution >= 0.6 is 22.6 Å². The van der Waals surface area contributed by atoms with Gasteiger partial charge >= 0.3 is 0 Å². The fourth-order valence-electron chi connectivity index (χ4n) is 2.22. The van der Waals surface area contributed by atoms with Crippen LogP contribution in [0.5, 0.6) is 0 Å². The lowest BCUT2D eigenvalue weighted by Crippen LogP contribution is -2.37. The van der Waals surface area contributed by atoms with Gasteiger partial charge in [-0.25, -0.2) is 0 Å². The SMILES string of the molecule is CC1(CO)CC[C@@H](CI)C1(C)C. The third kappa shape index (κ3) is 1.41. The molecule has 0 aromatic carbocycles. The summed E-state index contributed by atoms with van der Waals surface area (Å²) < 4.78 is 1.22. The first-order chi connectivity index (χ1) is 5.48. The van der Waals surface area contributed by atoms with Crippen molar-refractivity contribution in [2.24, 2.45) is 16.7 Å². The van der Waals surface area contributed by atoms with Gasteiger partial charge in [0.25, 0.3) is 0 Å². The van der Waals surface area contributed by atoms with E-state index in [0.29, 0.717) is 12.0 Å². The second-order valence-corrected chi connectivity index (χ2v) is 5.71. The van der Waals surface area contributed by atoms with Crippen LogP contribution in [-0.2, 0) is 0 Å². The smallest absolute Gasteiger partial charge is 0.0490 e. The van der Waals surface area contributed by atoms with E-state index in [1.165, 1.54) is 17.3 Å². The Balaban J connectivity index is 2.84. The molecule has 1 aliphatic rings. The first kappa shape index (κ1) is 10.8. The third-order valence-electron chi connectivity index (χ3n) is 4.16. The van der Waals surface area contributed by atoms with Gasteiger partial charge < -0.3 is 5.11 Å². The molecule has 1 aliphatic carbocycles. The van der Waals surface area contributed by atoms with Crippen molar-refractivity contribution in [3.63, 3.8) is 0 Å². The van der Waals surface area contributed by atoms with Gasteiger partial charge in [-0.3, -0.25) is 0 Å². The summed E-state index contributed by atoms with van der Waals surface area (Å²) in [5.41, 5.74) is 0.464. The molecule has 1 N–H and O–H groups in total. The van der Waals surface area contributed by atoms with Crippen LogP contribution in [-0.4, -0.2) is 16.1 Å². The molecule has 0 amide bonds. The zero-order valence-corrected chi connectivity index (χ0v) is 10.4. The van der Waals surface area contributed by atoms with Gasteiger partial charge in [-0.05, 0) is 29.6 Å². The summed E-state index contributed by atoms with van der Waals surface area (Å²) in [6.45, 7) is 7.17.